The van der Waals surface area contributed by atoms with Crippen LogP contribution in [0.15, 0.2) is 0 Å². The first-order valence-electron chi connectivity index (χ1n) is 6.55. The topological polar surface area (TPSA) is 95.5 Å². The number of carbonyl (C=O) groups is 3. The van der Waals surface area contributed by atoms with Crippen LogP contribution in [0.25, 0.3) is 0 Å². The Hall–Kier alpha value is -1.59. The Bertz CT molecular complexity index is 371. The molecule has 1 fully saturated rings. The molecule has 2 amide bonds. The van der Waals surface area contributed by atoms with Crippen LogP contribution in [0.5, 0.6) is 0 Å². The fourth-order valence-electron chi connectivity index (χ4n) is 1.99. The van der Waals surface area contributed by atoms with Crippen LogP contribution < -0.4 is 10.6 Å². The molecule has 0 aromatic heterocycles. The molecule has 0 spiro atoms. The van der Waals surface area contributed by atoms with E-state index in [0.717, 1.165) is 0 Å². The second-order valence-electron chi connectivity index (χ2n) is 5.66. The predicted octanol–water partition coefficient (Wildman–Crippen LogP) is 0.518. The van der Waals surface area contributed by atoms with Crippen molar-refractivity contribution in [2.24, 2.45) is 11.3 Å². The van der Waals surface area contributed by atoms with Gasteiger partial charge in [0.15, 0.2) is 0 Å². The van der Waals surface area contributed by atoms with Crippen LogP contribution in [0.4, 0.5) is 0 Å². The third kappa shape index (κ3) is 3.94. The summed E-state index contributed by atoms with van der Waals surface area (Å²) in [6.45, 7) is 5.59. The van der Waals surface area contributed by atoms with Gasteiger partial charge in [0.05, 0.1) is 5.41 Å². The minimum Gasteiger partial charge on any atom is -0.481 e. The summed E-state index contributed by atoms with van der Waals surface area (Å²) < 4.78 is 0. The molecule has 6 nitrogen and oxygen atoms in total. The van der Waals surface area contributed by atoms with Crippen LogP contribution in [-0.2, 0) is 14.4 Å². The molecular formula is C13H22N2O4. The van der Waals surface area contributed by atoms with Gasteiger partial charge in [-0.25, -0.2) is 0 Å². The second-order valence-corrected chi connectivity index (χ2v) is 5.66. The van der Waals surface area contributed by atoms with Gasteiger partial charge in [0.25, 0.3) is 0 Å². The van der Waals surface area contributed by atoms with Crippen molar-refractivity contribution in [1.29, 1.82) is 0 Å². The molecule has 0 saturated carbocycles. The lowest BCUT2D eigenvalue weighted by molar-refractivity contribution is -0.153. The molecule has 1 heterocycles. The molecule has 6 heteroatoms. The molecule has 3 N–H and O–H groups in total. The minimum absolute atomic E-state index is 0.0111. The first-order chi connectivity index (χ1) is 8.75. The Balaban J connectivity index is 2.54. The van der Waals surface area contributed by atoms with Crippen molar-refractivity contribution in [2.75, 3.05) is 6.54 Å². The fraction of sp³-hybridized carbons (Fsp3) is 0.769. The highest BCUT2D eigenvalue weighted by Gasteiger charge is 2.39. The van der Waals surface area contributed by atoms with E-state index in [2.05, 4.69) is 10.6 Å². The molecular weight excluding hydrogens is 248 g/mol. The number of rotatable bonds is 5. The van der Waals surface area contributed by atoms with Crippen molar-refractivity contribution in [3.05, 3.63) is 0 Å². The van der Waals surface area contributed by atoms with Crippen LogP contribution in [0.2, 0.25) is 0 Å². The van der Waals surface area contributed by atoms with E-state index in [1.54, 1.807) is 20.8 Å². The Morgan fingerprint density at radius 2 is 2.16 bits per heavy atom. The number of carbonyl (C=O) groups excluding carboxylic acids is 2. The molecule has 0 aromatic rings. The van der Waals surface area contributed by atoms with Gasteiger partial charge in [-0.1, -0.05) is 13.8 Å². The van der Waals surface area contributed by atoms with Gasteiger partial charge in [0.2, 0.25) is 11.8 Å². The van der Waals surface area contributed by atoms with Gasteiger partial charge in [-0.05, 0) is 19.3 Å². The molecule has 108 valence electrons. The third-order valence-corrected chi connectivity index (χ3v) is 3.92. The molecule has 1 aliphatic heterocycles. The normalized spacial score (nSPS) is 22.5. The molecule has 0 aliphatic carbocycles. The van der Waals surface area contributed by atoms with Crippen LogP contribution >= 0.6 is 0 Å². The largest absolute Gasteiger partial charge is 0.481 e. The fourth-order valence-corrected chi connectivity index (χ4v) is 1.99. The van der Waals surface area contributed by atoms with Gasteiger partial charge in [0.1, 0.15) is 0 Å². The highest BCUT2D eigenvalue weighted by atomic mass is 16.4. The number of carboxylic acids is 1. The van der Waals surface area contributed by atoms with Crippen LogP contribution in [0.3, 0.4) is 0 Å². The molecule has 19 heavy (non-hydrogen) atoms. The summed E-state index contributed by atoms with van der Waals surface area (Å²) in [5.74, 6) is -1.39. The maximum absolute atomic E-state index is 11.9. The van der Waals surface area contributed by atoms with Crippen molar-refractivity contribution in [1.82, 2.24) is 10.6 Å². The van der Waals surface area contributed by atoms with E-state index < -0.39 is 11.4 Å². The maximum atomic E-state index is 11.9. The SMILES string of the molecule is CC(C)C(C)(CC(=O)NC1CCC(=O)NC1)C(=O)O. The summed E-state index contributed by atoms with van der Waals surface area (Å²) in [6.07, 6.45) is 0.943. The average Bonchev–Trinajstić information content (AvgIpc) is 2.31. The zero-order chi connectivity index (χ0) is 14.6. The van der Waals surface area contributed by atoms with Gasteiger partial charge in [-0.2, -0.15) is 0 Å². The van der Waals surface area contributed by atoms with Crippen molar-refractivity contribution in [3.8, 4) is 0 Å². The Morgan fingerprint density at radius 1 is 1.53 bits per heavy atom. The van der Waals surface area contributed by atoms with Crippen molar-refractivity contribution >= 4 is 17.8 Å². The number of amides is 2. The lowest BCUT2D eigenvalue weighted by Gasteiger charge is -2.30. The standard InChI is InChI=1S/C13H22N2O4/c1-8(2)13(3,12(18)19)6-11(17)15-9-4-5-10(16)14-7-9/h8-9H,4-7H2,1-3H3,(H,14,16)(H,15,17)(H,18,19). The number of carboxylic acid groups (broad SMARTS) is 1. The minimum atomic E-state index is -1.07. The van der Waals surface area contributed by atoms with E-state index >= 15 is 0 Å². The van der Waals surface area contributed by atoms with E-state index in [4.69, 9.17) is 0 Å². The summed E-state index contributed by atoms with van der Waals surface area (Å²) in [7, 11) is 0. The van der Waals surface area contributed by atoms with E-state index in [1.807, 2.05) is 0 Å². The van der Waals surface area contributed by atoms with Gasteiger partial charge < -0.3 is 15.7 Å². The molecule has 1 aliphatic rings. The van der Waals surface area contributed by atoms with Crippen LogP contribution in [-0.4, -0.2) is 35.5 Å². The summed E-state index contributed by atoms with van der Waals surface area (Å²) in [5, 5.41) is 14.7. The van der Waals surface area contributed by atoms with Crippen molar-refractivity contribution in [2.45, 2.75) is 46.1 Å². The van der Waals surface area contributed by atoms with E-state index in [1.165, 1.54) is 0 Å². The zero-order valence-electron chi connectivity index (χ0n) is 11.7. The molecule has 2 atom stereocenters. The molecule has 1 rings (SSSR count). The van der Waals surface area contributed by atoms with Crippen molar-refractivity contribution in [3.63, 3.8) is 0 Å². The van der Waals surface area contributed by atoms with Gasteiger partial charge >= 0.3 is 5.97 Å². The third-order valence-electron chi connectivity index (χ3n) is 3.92. The summed E-state index contributed by atoms with van der Waals surface area (Å²) in [4.78, 5) is 34.2. The van der Waals surface area contributed by atoms with Gasteiger partial charge in [0, 0.05) is 25.4 Å². The first-order valence-corrected chi connectivity index (χ1v) is 6.55. The highest BCUT2D eigenvalue weighted by molar-refractivity contribution is 5.85. The first kappa shape index (κ1) is 15.5. The van der Waals surface area contributed by atoms with Gasteiger partial charge in [-0.3, -0.25) is 14.4 Å². The summed E-state index contributed by atoms with van der Waals surface area (Å²) >= 11 is 0. The quantitative estimate of drug-likeness (QED) is 0.678. The van der Waals surface area contributed by atoms with Crippen LogP contribution in [0, 0.1) is 11.3 Å². The monoisotopic (exact) mass is 270 g/mol. The number of aliphatic carboxylic acids is 1. The van der Waals surface area contributed by atoms with Gasteiger partial charge in [-0.15, -0.1) is 0 Å². The van der Waals surface area contributed by atoms with E-state index in [-0.39, 0.29) is 30.2 Å². The lowest BCUT2D eigenvalue weighted by atomic mass is 9.76. The Labute approximate surface area is 112 Å². The average molecular weight is 270 g/mol. The molecule has 0 bridgehead atoms. The smallest absolute Gasteiger partial charge is 0.310 e. The Morgan fingerprint density at radius 3 is 2.58 bits per heavy atom. The summed E-state index contributed by atoms with van der Waals surface area (Å²) in [6, 6.07) is -0.101. The maximum Gasteiger partial charge on any atom is 0.310 e. The number of piperidine rings is 1. The second kappa shape index (κ2) is 6.04. The summed E-state index contributed by atoms with van der Waals surface area (Å²) in [5.41, 5.74) is -1.07. The lowest BCUT2D eigenvalue weighted by Crippen LogP contribution is -2.49. The highest BCUT2D eigenvalue weighted by Crippen LogP contribution is 2.31. The van der Waals surface area contributed by atoms with Crippen molar-refractivity contribution < 1.29 is 19.5 Å². The number of hydrogen-bond acceptors (Lipinski definition) is 3. The predicted molar refractivity (Wildman–Crippen MR) is 69.4 cm³/mol. The molecule has 0 aromatic carbocycles. The number of hydrogen-bond donors (Lipinski definition) is 3. The molecule has 0 radical (unpaired) electrons. The zero-order valence-corrected chi connectivity index (χ0v) is 11.7. The van der Waals surface area contributed by atoms with E-state index in [9.17, 15) is 19.5 Å². The van der Waals surface area contributed by atoms with E-state index in [0.29, 0.717) is 19.4 Å². The molecule has 2 unspecified atom stereocenters. The number of nitrogens with one attached hydrogen (secondary N) is 2. The van der Waals surface area contributed by atoms with Crippen LogP contribution in [0.1, 0.15) is 40.0 Å². The molecule has 1 saturated heterocycles. The Kier molecular flexibility index (Phi) is 4.91.